The molecule has 0 aliphatic carbocycles. The Hall–Kier alpha value is -0.610. The summed E-state index contributed by atoms with van der Waals surface area (Å²) < 4.78 is 5.14. The van der Waals surface area contributed by atoms with Crippen LogP contribution >= 0.6 is 0 Å². The predicted octanol–water partition coefficient (Wildman–Crippen LogP) is -0.138. The molecule has 4 N–H and O–H groups in total. The molecule has 0 aromatic heterocycles. The molecule has 1 unspecified atom stereocenters. The first-order chi connectivity index (χ1) is 5.54. The summed E-state index contributed by atoms with van der Waals surface area (Å²) >= 11 is 0. The second-order valence-electron chi connectivity index (χ2n) is 3.27. The summed E-state index contributed by atoms with van der Waals surface area (Å²) in [5.74, 6) is 0.0920. The predicted molar refractivity (Wildman–Crippen MR) is 47.4 cm³/mol. The number of hydrogen-bond donors (Lipinski definition) is 2. The number of hydrogen-bond acceptors (Lipinski definition) is 3. The molecule has 0 aromatic carbocycles. The summed E-state index contributed by atoms with van der Waals surface area (Å²) in [6.45, 7) is 5.08. The van der Waals surface area contributed by atoms with Gasteiger partial charge in [0.2, 0.25) is 5.91 Å². The van der Waals surface area contributed by atoms with Crippen molar-refractivity contribution in [1.82, 2.24) is 0 Å². The van der Waals surface area contributed by atoms with Crippen LogP contribution in [0.15, 0.2) is 0 Å². The molecule has 0 aliphatic heterocycles. The van der Waals surface area contributed by atoms with E-state index in [0.717, 1.165) is 6.42 Å². The van der Waals surface area contributed by atoms with Crippen molar-refractivity contribution in [3.05, 3.63) is 0 Å². The van der Waals surface area contributed by atoms with E-state index in [0.29, 0.717) is 12.5 Å². The van der Waals surface area contributed by atoms with E-state index in [1.54, 1.807) is 0 Å². The summed E-state index contributed by atoms with van der Waals surface area (Å²) in [5, 5.41) is 0. The molecule has 1 atom stereocenters. The SMILES string of the molecule is CC(C)CCOCC(N)C(N)=O. The number of carbonyl (C=O) groups is 1. The van der Waals surface area contributed by atoms with Gasteiger partial charge in [-0.15, -0.1) is 0 Å². The van der Waals surface area contributed by atoms with Gasteiger partial charge in [0.25, 0.3) is 0 Å². The van der Waals surface area contributed by atoms with Gasteiger partial charge in [-0.1, -0.05) is 13.8 Å². The van der Waals surface area contributed by atoms with Crippen molar-refractivity contribution >= 4 is 5.91 Å². The smallest absolute Gasteiger partial charge is 0.236 e. The average molecular weight is 174 g/mol. The summed E-state index contributed by atoms with van der Waals surface area (Å²) in [6, 6.07) is -0.669. The highest BCUT2D eigenvalue weighted by molar-refractivity contribution is 5.79. The molecule has 0 saturated heterocycles. The maximum Gasteiger partial charge on any atom is 0.236 e. The van der Waals surface area contributed by atoms with Crippen molar-refractivity contribution in [2.75, 3.05) is 13.2 Å². The molecule has 0 saturated carbocycles. The van der Waals surface area contributed by atoms with E-state index in [1.165, 1.54) is 0 Å². The first-order valence-electron chi connectivity index (χ1n) is 4.16. The van der Waals surface area contributed by atoms with Gasteiger partial charge in [-0.25, -0.2) is 0 Å². The van der Waals surface area contributed by atoms with Crippen LogP contribution in [0, 0.1) is 5.92 Å². The van der Waals surface area contributed by atoms with Crippen molar-refractivity contribution in [3.63, 3.8) is 0 Å². The minimum absolute atomic E-state index is 0.224. The van der Waals surface area contributed by atoms with Gasteiger partial charge in [-0.3, -0.25) is 4.79 Å². The Morgan fingerprint density at radius 2 is 2.08 bits per heavy atom. The van der Waals surface area contributed by atoms with Crippen molar-refractivity contribution in [2.45, 2.75) is 26.3 Å². The zero-order chi connectivity index (χ0) is 9.56. The Morgan fingerprint density at radius 1 is 1.50 bits per heavy atom. The third-order valence-electron chi connectivity index (χ3n) is 1.50. The van der Waals surface area contributed by atoms with Gasteiger partial charge >= 0.3 is 0 Å². The van der Waals surface area contributed by atoms with Crippen LogP contribution in [-0.4, -0.2) is 25.2 Å². The molecule has 4 heteroatoms. The fourth-order valence-electron chi connectivity index (χ4n) is 0.611. The van der Waals surface area contributed by atoms with Crippen LogP contribution in [0.25, 0.3) is 0 Å². The van der Waals surface area contributed by atoms with E-state index in [2.05, 4.69) is 13.8 Å². The number of primary amides is 1. The summed E-state index contributed by atoms with van der Waals surface area (Å²) in [5.41, 5.74) is 10.3. The Kier molecular flexibility index (Phi) is 5.66. The molecule has 0 aliphatic rings. The lowest BCUT2D eigenvalue weighted by molar-refractivity contribution is -0.120. The van der Waals surface area contributed by atoms with Gasteiger partial charge in [0.1, 0.15) is 6.04 Å². The molecule has 0 aromatic rings. The molecule has 0 radical (unpaired) electrons. The van der Waals surface area contributed by atoms with Crippen LogP contribution in [-0.2, 0) is 9.53 Å². The zero-order valence-electron chi connectivity index (χ0n) is 7.75. The third-order valence-corrected chi connectivity index (χ3v) is 1.50. The maximum atomic E-state index is 10.4. The van der Waals surface area contributed by atoms with Crippen molar-refractivity contribution in [3.8, 4) is 0 Å². The highest BCUT2D eigenvalue weighted by Gasteiger charge is 2.08. The second-order valence-corrected chi connectivity index (χ2v) is 3.27. The molecule has 72 valence electrons. The Balaban J connectivity index is 3.25. The quantitative estimate of drug-likeness (QED) is 0.550. The standard InChI is InChI=1S/C8H18N2O2/c1-6(2)3-4-12-5-7(9)8(10)11/h6-7H,3-5,9H2,1-2H3,(H2,10,11). The summed E-state index contributed by atoms with van der Waals surface area (Å²) in [4.78, 5) is 10.4. The topological polar surface area (TPSA) is 78.3 Å². The number of rotatable bonds is 6. The van der Waals surface area contributed by atoms with E-state index in [9.17, 15) is 4.79 Å². The molecule has 0 spiro atoms. The fraction of sp³-hybridized carbons (Fsp3) is 0.875. The summed E-state index contributed by atoms with van der Waals surface area (Å²) in [7, 11) is 0. The van der Waals surface area contributed by atoms with E-state index in [-0.39, 0.29) is 6.61 Å². The summed E-state index contributed by atoms with van der Waals surface area (Å²) in [6.07, 6.45) is 0.978. The van der Waals surface area contributed by atoms with Gasteiger partial charge in [-0.2, -0.15) is 0 Å². The minimum atomic E-state index is -0.669. The lowest BCUT2D eigenvalue weighted by atomic mass is 10.1. The van der Waals surface area contributed by atoms with Crippen molar-refractivity contribution in [1.29, 1.82) is 0 Å². The highest BCUT2D eigenvalue weighted by atomic mass is 16.5. The minimum Gasteiger partial charge on any atom is -0.379 e. The molecular weight excluding hydrogens is 156 g/mol. The van der Waals surface area contributed by atoms with Gasteiger partial charge in [0, 0.05) is 6.61 Å². The van der Waals surface area contributed by atoms with E-state index in [4.69, 9.17) is 16.2 Å². The molecular formula is C8H18N2O2. The highest BCUT2D eigenvalue weighted by Crippen LogP contribution is 1.98. The van der Waals surface area contributed by atoms with Gasteiger partial charge in [-0.05, 0) is 12.3 Å². The first-order valence-corrected chi connectivity index (χ1v) is 4.16. The van der Waals surface area contributed by atoms with Crippen LogP contribution in [0.3, 0.4) is 0 Å². The average Bonchev–Trinajstić information content (AvgIpc) is 1.97. The van der Waals surface area contributed by atoms with Crippen LogP contribution < -0.4 is 11.5 Å². The van der Waals surface area contributed by atoms with Crippen molar-refractivity contribution in [2.24, 2.45) is 17.4 Å². The third kappa shape index (κ3) is 6.12. The molecule has 1 amide bonds. The largest absolute Gasteiger partial charge is 0.379 e. The molecule has 0 rings (SSSR count). The number of amides is 1. The zero-order valence-corrected chi connectivity index (χ0v) is 7.75. The molecule has 0 fully saturated rings. The fourth-order valence-corrected chi connectivity index (χ4v) is 0.611. The monoisotopic (exact) mass is 174 g/mol. The number of carbonyl (C=O) groups excluding carboxylic acids is 1. The van der Waals surface area contributed by atoms with E-state index < -0.39 is 11.9 Å². The van der Waals surface area contributed by atoms with E-state index in [1.807, 2.05) is 0 Å². The number of nitrogens with two attached hydrogens (primary N) is 2. The van der Waals surface area contributed by atoms with Crippen LogP contribution in [0.5, 0.6) is 0 Å². The maximum absolute atomic E-state index is 10.4. The number of ether oxygens (including phenoxy) is 1. The van der Waals surface area contributed by atoms with Crippen LogP contribution in [0.1, 0.15) is 20.3 Å². The second kappa shape index (κ2) is 5.97. The lowest BCUT2D eigenvalue weighted by Crippen LogP contribution is -2.40. The molecule has 0 heterocycles. The molecule has 4 nitrogen and oxygen atoms in total. The first kappa shape index (κ1) is 11.4. The normalized spacial score (nSPS) is 13.3. The Labute approximate surface area is 73.2 Å². The van der Waals surface area contributed by atoms with Crippen molar-refractivity contribution < 1.29 is 9.53 Å². The van der Waals surface area contributed by atoms with Crippen LogP contribution in [0.4, 0.5) is 0 Å². The van der Waals surface area contributed by atoms with Crippen LogP contribution in [0.2, 0.25) is 0 Å². The van der Waals surface area contributed by atoms with Gasteiger partial charge in [0.05, 0.1) is 6.61 Å². The van der Waals surface area contributed by atoms with Gasteiger partial charge < -0.3 is 16.2 Å². The lowest BCUT2D eigenvalue weighted by Gasteiger charge is -2.09. The van der Waals surface area contributed by atoms with E-state index >= 15 is 0 Å². The molecule has 0 bridgehead atoms. The Morgan fingerprint density at radius 3 is 2.50 bits per heavy atom. The molecule has 12 heavy (non-hydrogen) atoms. The Bertz CT molecular complexity index is 137. The van der Waals surface area contributed by atoms with Gasteiger partial charge in [0.15, 0.2) is 0 Å².